The van der Waals surface area contributed by atoms with Crippen LogP contribution < -0.4 is 15.2 Å². The van der Waals surface area contributed by atoms with Crippen molar-refractivity contribution in [2.75, 3.05) is 18.0 Å². The van der Waals surface area contributed by atoms with Gasteiger partial charge in [-0.1, -0.05) is 32.6 Å². The number of aromatic nitrogens is 2. The average molecular weight is 496 g/mol. The highest BCUT2D eigenvalue weighted by Gasteiger charge is 2.36. The average Bonchev–Trinajstić information content (AvgIpc) is 2.89. The molecule has 1 fully saturated rings. The van der Waals surface area contributed by atoms with Gasteiger partial charge in [0.1, 0.15) is 5.75 Å². The molecule has 3 atom stereocenters. The van der Waals surface area contributed by atoms with Gasteiger partial charge in [0.2, 0.25) is 5.52 Å². The Morgan fingerprint density at radius 3 is 2.42 bits per heavy atom. The highest BCUT2D eigenvalue weighted by Crippen LogP contribution is 2.35. The summed E-state index contributed by atoms with van der Waals surface area (Å²) in [5.74, 6) is 0.446. The summed E-state index contributed by atoms with van der Waals surface area (Å²) in [4.78, 5) is 25.6. The SMILES string of the molecule is [C-]#[N+]c1ccc2c(n1)c(N1C[C@@H](CC)N(C(C)c3ccc(OC(F)F)cc3)C[C@@H]1CC)cc(=O)n2C. The molecule has 1 unspecified atom stereocenters. The number of rotatable bonds is 7. The third-order valence-electron chi connectivity index (χ3n) is 7.24. The van der Waals surface area contributed by atoms with Gasteiger partial charge in [-0.25, -0.2) is 0 Å². The predicted octanol–water partition coefficient (Wildman–Crippen LogP) is 5.53. The molecular formula is C27H31F2N5O2. The first-order chi connectivity index (χ1) is 17.3. The number of aryl methyl sites for hydroxylation is 1. The smallest absolute Gasteiger partial charge is 0.387 e. The summed E-state index contributed by atoms with van der Waals surface area (Å²) in [5.41, 5.74) is 3.05. The molecule has 36 heavy (non-hydrogen) atoms. The van der Waals surface area contributed by atoms with Crippen molar-refractivity contribution in [1.29, 1.82) is 0 Å². The molecule has 0 radical (unpaired) electrons. The van der Waals surface area contributed by atoms with E-state index in [0.717, 1.165) is 30.6 Å². The van der Waals surface area contributed by atoms with Gasteiger partial charge in [-0.15, -0.1) is 4.98 Å². The number of nitrogens with zero attached hydrogens (tertiary/aromatic N) is 5. The Kier molecular flexibility index (Phi) is 7.55. The Bertz CT molecular complexity index is 1320. The van der Waals surface area contributed by atoms with E-state index in [1.807, 2.05) is 12.1 Å². The molecule has 0 spiro atoms. The molecule has 2 aromatic heterocycles. The van der Waals surface area contributed by atoms with Crippen LogP contribution in [0.15, 0.2) is 47.3 Å². The zero-order chi connectivity index (χ0) is 26.0. The minimum absolute atomic E-state index is 0.0685. The molecule has 0 saturated carbocycles. The largest absolute Gasteiger partial charge is 0.435 e. The Hall–Kier alpha value is -3.51. The summed E-state index contributed by atoms with van der Waals surface area (Å²) >= 11 is 0. The summed E-state index contributed by atoms with van der Waals surface area (Å²) < 4.78 is 31.1. The fourth-order valence-electron chi connectivity index (χ4n) is 5.16. The number of ether oxygens (including phenoxy) is 1. The van der Waals surface area contributed by atoms with Crippen LogP contribution in [0, 0.1) is 6.57 Å². The van der Waals surface area contributed by atoms with Gasteiger partial charge in [0, 0.05) is 44.3 Å². The number of benzene rings is 1. The normalized spacial score (nSPS) is 19.4. The highest BCUT2D eigenvalue weighted by atomic mass is 19.3. The maximum atomic E-state index is 12.8. The standard InChI is InChI=1S/C27H31F2N5O2/c1-6-19-16-34(23-14-25(35)32(5)22-12-13-24(30-4)31-26(22)23)20(7-2)15-33(19)17(3)18-8-10-21(11-9-18)36-27(28)29/h8-14,17,19-20,27H,6-7,15-16H2,1-3,5H3/t17?,19-,20+/m1/s1. The summed E-state index contributed by atoms with van der Waals surface area (Å²) in [6.45, 7) is 12.4. The van der Waals surface area contributed by atoms with Gasteiger partial charge in [-0.2, -0.15) is 8.78 Å². The summed E-state index contributed by atoms with van der Waals surface area (Å²) in [5, 5.41) is 0. The molecule has 1 aromatic carbocycles. The Morgan fingerprint density at radius 2 is 1.81 bits per heavy atom. The molecule has 1 aliphatic heterocycles. The van der Waals surface area contributed by atoms with Gasteiger partial charge >= 0.3 is 6.61 Å². The summed E-state index contributed by atoms with van der Waals surface area (Å²) in [7, 11) is 1.72. The van der Waals surface area contributed by atoms with Gasteiger partial charge < -0.3 is 19.0 Å². The van der Waals surface area contributed by atoms with Crippen LogP contribution in [0.2, 0.25) is 0 Å². The fourth-order valence-corrected chi connectivity index (χ4v) is 5.16. The number of hydrogen-bond acceptors (Lipinski definition) is 5. The lowest BCUT2D eigenvalue weighted by Gasteiger charge is -2.49. The van der Waals surface area contributed by atoms with Crippen molar-refractivity contribution < 1.29 is 13.5 Å². The number of alkyl halides is 2. The van der Waals surface area contributed by atoms with E-state index in [1.165, 1.54) is 0 Å². The van der Waals surface area contributed by atoms with Crippen molar-refractivity contribution in [2.45, 2.75) is 58.3 Å². The summed E-state index contributed by atoms with van der Waals surface area (Å²) in [6.07, 6.45) is 1.76. The van der Waals surface area contributed by atoms with Gasteiger partial charge in [-0.05, 0) is 49.6 Å². The van der Waals surface area contributed by atoms with E-state index >= 15 is 0 Å². The van der Waals surface area contributed by atoms with Crippen LogP contribution in [0.25, 0.3) is 15.9 Å². The molecule has 9 heteroatoms. The van der Waals surface area contributed by atoms with Crippen molar-refractivity contribution in [3.05, 3.63) is 69.8 Å². The van der Waals surface area contributed by atoms with E-state index in [0.29, 0.717) is 23.4 Å². The lowest BCUT2D eigenvalue weighted by Crippen LogP contribution is -2.58. The van der Waals surface area contributed by atoms with Gasteiger partial charge in [-0.3, -0.25) is 9.69 Å². The first kappa shape index (κ1) is 25.6. The Balaban J connectivity index is 1.68. The molecule has 1 saturated heterocycles. The van der Waals surface area contributed by atoms with Crippen LogP contribution >= 0.6 is 0 Å². The summed E-state index contributed by atoms with van der Waals surface area (Å²) in [6, 6.07) is 12.3. The van der Waals surface area contributed by atoms with Crippen LogP contribution in [0.5, 0.6) is 5.75 Å². The number of halogens is 2. The molecule has 7 nitrogen and oxygen atoms in total. The molecule has 0 bridgehead atoms. The van der Waals surface area contributed by atoms with Crippen LogP contribution in [0.3, 0.4) is 0 Å². The first-order valence-corrected chi connectivity index (χ1v) is 12.2. The van der Waals surface area contributed by atoms with E-state index in [2.05, 4.69) is 45.1 Å². The van der Waals surface area contributed by atoms with Crippen LogP contribution in [-0.4, -0.2) is 46.2 Å². The molecule has 0 N–H and O–H groups in total. The second kappa shape index (κ2) is 10.6. The minimum Gasteiger partial charge on any atom is -0.435 e. The number of piperazine rings is 1. The van der Waals surface area contributed by atoms with E-state index in [4.69, 9.17) is 6.57 Å². The first-order valence-electron chi connectivity index (χ1n) is 12.2. The topological polar surface area (TPSA) is 55.0 Å². The quantitative estimate of drug-likeness (QED) is 0.404. The van der Waals surface area contributed by atoms with E-state index < -0.39 is 6.61 Å². The zero-order valence-electron chi connectivity index (χ0n) is 21.0. The molecular weight excluding hydrogens is 464 g/mol. The van der Waals surface area contributed by atoms with Gasteiger partial charge in [0.15, 0.2) is 0 Å². The van der Waals surface area contributed by atoms with E-state index in [9.17, 15) is 13.6 Å². The van der Waals surface area contributed by atoms with Crippen molar-refractivity contribution >= 4 is 22.5 Å². The van der Waals surface area contributed by atoms with Crippen molar-refractivity contribution in [1.82, 2.24) is 14.5 Å². The van der Waals surface area contributed by atoms with Crippen LogP contribution in [0.1, 0.15) is 45.2 Å². The maximum Gasteiger partial charge on any atom is 0.387 e. The van der Waals surface area contributed by atoms with Crippen molar-refractivity contribution in [3.63, 3.8) is 0 Å². The second-order valence-electron chi connectivity index (χ2n) is 9.17. The Morgan fingerprint density at radius 1 is 1.11 bits per heavy atom. The molecule has 0 aliphatic carbocycles. The molecule has 0 amide bonds. The Labute approximate surface area is 209 Å². The number of fused-ring (bicyclic) bond motifs is 1. The molecule has 190 valence electrons. The minimum atomic E-state index is -2.85. The molecule has 3 aromatic rings. The van der Waals surface area contributed by atoms with E-state index in [-0.39, 0.29) is 29.4 Å². The van der Waals surface area contributed by atoms with Crippen molar-refractivity contribution in [2.24, 2.45) is 7.05 Å². The molecule has 4 rings (SSSR count). The number of anilines is 1. The lowest BCUT2D eigenvalue weighted by molar-refractivity contribution is -0.0498. The van der Waals surface area contributed by atoms with Crippen LogP contribution in [0.4, 0.5) is 20.3 Å². The predicted molar refractivity (Wildman–Crippen MR) is 137 cm³/mol. The zero-order valence-corrected chi connectivity index (χ0v) is 21.0. The number of hydrogen-bond donors (Lipinski definition) is 0. The number of pyridine rings is 2. The monoisotopic (exact) mass is 495 g/mol. The van der Waals surface area contributed by atoms with E-state index in [1.54, 1.807) is 41.9 Å². The van der Waals surface area contributed by atoms with Crippen LogP contribution in [-0.2, 0) is 7.05 Å². The van der Waals surface area contributed by atoms with Gasteiger partial charge in [0.05, 0.1) is 11.2 Å². The lowest BCUT2D eigenvalue weighted by atomic mass is 9.96. The third-order valence-corrected chi connectivity index (χ3v) is 7.24. The highest BCUT2D eigenvalue weighted by molar-refractivity contribution is 5.89. The third kappa shape index (κ3) is 4.91. The fraction of sp³-hybridized carbons (Fsp3) is 0.444. The van der Waals surface area contributed by atoms with Gasteiger partial charge in [0.25, 0.3) is 11.4 Å². The molecule has 1 aliphatic rings. The van der Waals surface area contributed by atoms with Crippen molar-refractivity contribution in [3.8, 4) is 5.75 Å². The second-order valence-corrected chi connectivity index (χ2v) is 9.17. The maximum absolute atomic E-state index is 12.8. The molecule has 3 heterocycles.